The number of nitrogens with two attached hydrogens (primary N) is 1. The van der Waals surface area contributed by atoms with Crippen molar-refractivity contribution < 1.29 is 22.1 Å². The second kappa shape index (κ2) is 4.18. The standard InChI is InChI=1S/C6H5F2N3O5S/c7-6(8)3-4(11(13)14)5(12)2(1-10-3)17(9,15)16/h1,6H,(H,10,12)(H2,9,15,16). The third kappa shape index (κ3) is 2.45. The third-order valence-electron chi connectivity index (χ3n) is 1.76. The number of nitrogens with zero attached hydrogens (tertiary/aromatic N) is 1. The van der Waals surface area contributed by atoms with E-state index in [-0.39, 0.29) is 0 Å². The van der Waals surface area contributed by atoms with Crippen LogP contribution in [0.5, 0.6) is 0 Å². The van der Waals surface area contributed by atoms with Crippen molar-refractivity contribution >= 4 is 15.7 Å². The number of alkyl halides is 2. The minimum atomic E-state index is -4.53. The van der Waals surface area contributed by atoms with Gasteiger partial charge in [-0.15, -0.1) is 0 Å². The monoisotopic (exact) mass is 269 g/mol. The zero-order valence-electron chi connectivity index (χ0n) is 7.88. The van der Waals surface area contributed by atoms with E-state index in [9.17, 15) is 32.1 Å². The fraction of sp³-hybridized carbons (Fsp3) is 0.167. The fourth-order valence-electron chi connectivity index (χ4n) is 1.08. The van der Waals surface area contributed by atoms with Crippen LogP contribution in [0.15, 0.2) is 15.9 Å². The Hall–Kier alpha value is -1.88. The second-order valence-electron chi connectivity index (χ2n) is 2.85. The summed E-state index contributed by atoms with van der Waals surface area (Å²) in [4.78, 5) is 20.9. The summed E-state index contributed by atoms with van der Waals surface area (Å²) in [5.74, 6) is 0. The molecule has 94 valence electrons. The molecule has 1 aromatic heterocycles. The van der Waals surface area contributed by atoms with Crippen LogP contribution in [-0.2, 0) is 10.0 Å². The summed E-state index contributed by atoms with van der Waals surface area (Å²) in [6.07, 6.45) is -2.93. The molecule has 17 heavy (non-hydrogen) atoms. The summed E-state index contributed by atoms with van der Waals surface area (Å²) in [6.45, 7) is 0. The number of H-pyrrole nitrogens is 1. The van der Waals surface area contributed by atoms with Gasteiger partial charge >= 0.3 is 5.69 Å². The number of nitro groups is 1. The van der Waals surface area contributed by atoms with Crippen molar-refractivity contribution in [1.29, 1.82) is 0 Å². The molecule has 0 spiro atoms. The van der Waals surface area contributed by atoms with Crippen LogP contribution < -0.4 is 10.6 Å². The van der Waals surface area contributed by atoms with Gasteiger partial charge in [-0.1, -0.05) is 0 Å². The molecule has 1 heterocycles. The van der Waals surface area contributed by atoms with Crippen LogP contribution in [0.4, 0.5) is 14.5 Å². The summed E-state index contributed by atoms with van der Waals surface area (Å²) < 4.78 is 46.4. The predicted molar refractivity (Wildman–Crippen MR) is 50.0 cm³/mol. The van der Waals surface area contributed by atoms with E-state index >= 15 is 0 Å². The van der Waals surface area contributed by atoms with Crippen molar-refractivity contribution in [3.8, 4) is 0 Å². The van der Waals surface area contributed by atoms with E-state index in [1.807, 2.05) is 0 Å². The molecule has 0 fully saturated rings. The van der Waals surface area contributed by atoms with E-state index < -0.39 is 43.1 Å². The molecule has 0 aliphatic carbocycles. The Labute approximate surface area is 92.3 Å². The first-order valence-corrected chi connectivity index (χ1v) is 5.41. The molecule has 1 aromatic rings. The van der Waals surface area contributed by atoms with Gasteiger partial charge in [0, 0.05) is 6.20 Å². The van der Waals surface area contributed by atoms with E-state index in [2.05, 4.69) is 5.14 Å². The number of primary sulfonamides is 1. The lowest BCUT2D eigenvalue weighted by atomic mass is 10.3. The van der Waals surface area contributed by atoms with Crippen molar-refractivity contribution in [3.63, 3.8) is 0 Å². The number of rotatable bonds is 3. The maximum atomic E-state index is 12.3. The van der Waals surface area contributed by atoms with E-state index in [0.717, 1.165) is 0 Å². The summed E-state index contributed by atoms with van der Waals surface area (Å²) >= 11 is 0. The van der Waals surface area contributed by atoms with Crippen molar-refractivity contribution in [2.45, 2.75) is 11.3 Å². The van der Waals surface area contributed by atoms with Gasteiger partial charge < -0.3 is 4.98 Å². The van der Waals surface area contributed by atoms with E-state index in [1.54, 1.807) is 4.98 Å². The fourth-order valence-corrected chi connectivity index (χ4v) is 1.65. The molecule has 0 unspecified atom stereocenters. The van der Waals surface area contributed by atoms with Crippen molar-refractivity contribution in [1.82, 2.24) is 4.98 Å². The SMILES string of the molecule is NS(=O)(=O)c1c[nH]c(C(F)F)c([N+](=O)[O-])c1=O. The zero-order valence-corrected chi connectivity index (χ0v) is 8.70. The highest BCUT2D eigenvalue weighted by atomic mass is 32.2. The minimum Gasteiger partial charge on any atom is -0.353 e. The molecule has 0 aliphatic heterocycles. The van der Waals surface area contributed by atoms with Crippen LogP contribution in [0.3, 0.4) is 0 Å². The Morgan fingerprint density at radius 3 is 2.35 bits per heavy atom. The number of aromatic amines is 1. The maximum Gasteiger partial charge on any atom is 0.342 e. The Morgan fingerprint density at radius 2 is 2.00 bits per heavy atom. The molecule has 0 amide bonds. The topological polar surface area (TPSA) is 136 Å². The second-order valence-corrected chi connectivity index (χ2v) is 4.38. The van der Waals surface area contributed by atoms with Gasteiger partial charge in [0.2, 0.25) is 10.0 Å². The summed E-state index contributed by atoms with van der Waals surface area (Å²) in [5, 5.41) is 15.0. The number of pyridine rings is 1. The molecule has 3 N–H and O–H groups in total. The van der Waals surface area contributed by atoms with Crippen LogP contribution in [0.1, 0.15) is 12.1 Å². The molecule has 8 nitrogen and oxygen atoms in total. The number of hydrogen-bond donors (Lipinski definition) is 2. The number of nitrogens with one attached hydrogen (secondary N) is 1. The summed E-state index contributed by atoms with van der Waals surface area (Å²) in [6, 6.07) is 0. The van der Waals surface area contributed by atoms with Crippen LogP contribution in [0.2, 0.25) is 0 Å². The average Bonchev–Trinajstić information content (AvgIpc) is 2.13. The van der Waals surface area contributed by atoms with Gasteiger partial charge in [-0.3, -0.25) is 14.9 Å². The van der Waals surface area contributed by atoms with Crippen LogP contribution in [0, 0.1) is 10.1 Å². The van der Waals surface area contributed by atoms with Crippen LogP contribution >= 0.6 is 0 Å². The molecule has 0 aromatic carbocycles. The Bertz CT molecular complexity index is 623. The van der Waals surface area contributed by atoms with Crippen molar-refractivity contribution in [2.24, 2.45) is 5.14 Å². The van der Waals surface area contributed by atoms with Gasteiger partial charge in [0.05, 0.1) is 4.92 Å². The predicted octanol–water partition coefficient (Wildman–Crippen LogP) is -0.132. The minimum absolute atomic E-state index is 0.395. The average molecular weight is 269 g/mol. The largest absolute Gasteiger partial charge is 0.353 e. The molecular weight excluding hydrogens is 264 g/mol. The Kier molecular flexibility index (Phi) is 3.24. The van der Waals surface area contributed by atoms with Crippen molar-refractivity contribution in [3.05, 3.63) is 32.2 Å². The van der Waals surface area contributed by atoms with Crippen LogP contribution in [-0.4, -0.2) is 18.3 Å². The number of sulfonamides is 1. The zero-order chi connectivity index (χ0) is 13.4. The van der Waals surface area contributed by atoms with E-state index in [0.29, 0.717) is 6.20 Å². The lowest BCUT2D eigenvalue weighted by molar-refractivity contribution is -0.388. The third-order valence-corrected chi connectivity index (χ3v) is 2.68. The van der Waals surface area contributed by atoms with Crippen LogP contribution in [0.25, 0.3) is 0 Å². The molecule has 0 atom stereocenters. The number of aromatic nitrogens is 1. The smallest absolute Gasteiger partial charge is 0.342 e. The normalized spacial score (nSPS) is 11.8. The summed E-state index contributed by atoms with van der Waals surface area (Å²) in [7, 11) is -4.53. The molecule has 0 radical (unpaired) electrons. The lowest BCUT2D eigenvalue weighted by Crippen LogP contribution is -2.25. The molecule has 0 saturated carbocycles. The maximum absolute atomic E-state index is 12.3. The highest BCUT2D eigenvalue weighted by molar-refractivity contribution is 7.89. The van der Waals surface area contributed by atoms with Gasteiger partial charge in [0.15, 0.2) is 10.6 Å². The Balaban J connectivity index is 3.74. The van der Waals surface area contributed by atoms with Gasteiger partial charge in [0.25, 0.3) is 11.9 Å². The van der Waals surface area contributed by atoms with Gasteiger partial charge in [0.1, 0.15) is 0 Å². The molecule has 0 bridgehead atoms. The van der Waals surface area contributed by atoms with Gasteiger partial charge in [-0.05, 0) is 0 Å². The van der Waals surface area contributed by atoms with E-state index in [4.69, 9.17) is 0 Å². The quantitative estimate of drug-likeness (QED) is 0.581. The first-order valence-electron chi connectivity index (χ1n) is 3.87. The van der Waals surface area contributed by atoms with E-state index in [1.165, 1.54) is 0 Å². The first-order chi connectivity index (χ1) is 7.66. The number of halogens is 2. The van der Waals surface area contributed by atoms with Crippen molar-refractivity contribution in [2.75, 3.05) is 0 Å². The van der Waals surface area contributed by atoms with Gasteiger partial charge in [-0.2, -0.15) is 0 Å². The number of hydrogen-bond acceptors (Lipinski definition) is 5. The van der Waals surface area contributed by atoms with Gasteiger partial charge in [-0.25, -0.2) is 22.3 Å². The highest BCUT2D eigenvalue weighted by Gasteiger charge is 2.30. The molecule has 1 rings (SSSR count). The molecule has 0 saturated heterocycles. The molecule has 0 aliphatic rings. The first kappa shape index (κ1) is 13.2. The summed E-state index contributed by atoms with van der Waals surface area (Å²) in [5.41, 5.74) is -4.48. The highest BCUT2D eigenvalue weighted by Crippen LogP contribution is 2.24. The molecular formula is C6H5F2N3O5S. The molecule has 11 heteroatoms. The Morgan fingerprint density at radius 1 is 1.47 bits per heavy atom. The lowest BCUT2D eigenvalue weighted by Gasteiger charge is -2.03.